The maximum Gasteiger partial charge on any atom is 0.408 e. The van der Waals surface area contributed by atoms with Crippen LogP contribution in [0.5, 0.6) is 0 Å². The Labute approximate surface area is 237 Å². The molecule has 39 heavy (non-hydrogen) atoms. The van der Waals surface area contributed by atoms with E-state index in [0.29, 0.717) is 18.7 Å². The molecule has 0 heterocycles. The van der Waals surface area contributed by atoms with E-state index in [1.54, 1.807) is 37.4 Å². The minimum absolute atomic E-state index is 0.0807. The lowest BCUT2D eigenvalue weighted by Gasteiger charge is -2.44. The van der Waals surface area contributed by atoms with Crippen LogP contribution >= 0.6 is 11.8 Å². The van der Waals surface area contributed by atoms with Crippen molar-refractivity contribution in [2.75, 3.05) is 12.0 Å². The molecule has 2 N–H and O–H groups in total. The highest BCUT2D eigenvalue weighted by atomic mass is 32.2. The summed E-state index contributed by atoms with van der Waals surface area (Å²) in [6, 6.07) is 14.0. The summed E-state index contributed by atoms with van der Waals surface area (Å²) >= 11 is 1.61. The summed E-state index contributed by atoms with van der Waals surface area (Å²) < 4.78 is 5.48. The Hall–Kier alpha value is -3.00. The third-order valence-corrected chi connectivity index (χ3v) is 7.52. The van der Waals surface area contributed by atoms with Crippen molar-refractivity contribution in [1.29, 1.82) is 0 Å². The molecule has 2 atom stereocenters. The first-order chi connectivity index (χ1) is 18.5. The van der Waals surface area contributed by atoms with Crippen LogP contribution in [0.1, 0.15) is 74.8 Å². The van der Waals surface area contributed by atoms with Crippen LogP contribution in [0.2, 0.25) is 0 Å². The first kappa shape index (κ1) is 30.5. The molecule has 2 aromatic rings. The third-order valence-electron chi connectivity index (χ3n) is 6.88. The number of aryl methyl sites for hydroxylation is 2. The zero-order valence-electron chi connectivity index (χ0n) is 24.1. The number of thioether (sulfide) groups is 1. The number of amides is 3. The lowest BCUT2D eigenvalue weighted by atomic mass is 9.87. The number of hydrogen-bond acceptors (Lipinski definition) is 5. The topological polar surface area (TPSA) is 87.7 Å². The van der Waals surface area contributed by atoms with Crippen molar-refractivity contribution in [3.8, 4) is 0 Å². The SMILES string of the molecule is CSCCC(NC(=O)OC(C)(C)C)C(=O)N(C1CCC1)C(C(=O)NCc1ccccc1)c1ccc(C)cc1C. The fourth-order valence-electron chi connectivity index (χ4n) is 4.74. The zero-order valence-corrected chi connectivity index (χ0v) is 24.9. The number of benzene rings is 2. The van der Waals surface area contributed by atoms with Crippen molar-refractivity contribution in [2.24, 2.45) is 0 Å². The van der Waals surface area contributed by atoms with Gasteiger partial charge < -0.3 is 20.3 Å². The zero-order chi connectivity index (χ0) is 28.6. The molecule has 2 unspecified atom stereocenters. The second kappa shape index (κ2) is 13.9. The van der Waals surface area contributed by atoms with Crippen LogP contribution in [0, 0.1) is 13.8 Å². The third kappa shape index (κ3) is 8.75. The summed E-state index contributed by atoms with van der Waals surface area (Å²) in [7, 11) is 0. The van der Waals surface area contributed by atoms with E-state index in [4.69, 9.17) is 4.74 Å². The highest BCUT2D eigenvalue weighted by Gasteiger charge is 2.42. The van der Waals surface area contributed by atoms with Crippen molar-refractivity contribution < 1.29 is 19.1 Å². The average Bonchev–Trinajstić information content (AvgIpc) is 2.84. The molecule has 1 saturated carbocycles. The number of nitrogens with zero attached hydrogens (tertiary/aromatic N) is 1. The van der Waals surface area contributed by atoms with Crippen molar-refractivity contribution in [3.05, 3.63) is 70.8 Å². The lowest BCUT2D eigenvalue weighted by Crippen LogP contribution is -2.57. The van der Waals surface area contributed by atoms with Gasteiger partial charge in [-0.15, -0.1) is 0 Å². The molecule has 1 fully saturated rings. The van der Waals surface area contributed by atoms with E-state index >= 15 is 0 Å². The molecule has 3 amide bonds. The van der Waals surface area contributed by atoms with E-state index in [9.17, 15) is 14.4 Å². The van der Waals surface area contributed by atoms with Crippen LogP contribution in [-0.4, -0.2) is 52.5 Å². The molecule has 0 radical (unpaired) electrons. The van der Waals surface area contributed by atoms with E-state index in [1.807, 2.05) is 68.6 Å². The van der Waals surface area contributed by atoms with Crippen LogP contribution < -0.4 is 10.6 Å². The van der Waals surface area contributed by atoms with Gasteiger partial charge in [-0.2, -0.15) is 11.8 Å². The molecule has 0 saturated heterocycles. The molecule has 1 aliphatic rings. The maximum atomic E-state index is 14.3. The minimum Gasteiger partial charge on any atom is -0.444 e. The Kier molecular flexibility index (Phi) is 10.9. The fraction of sp³-hybridized carbons (Fsp3) is 0.516. The van der Waals surface area contributed by atoms with Gasteiger partial charge in [-0.1, -0.05) is 54.1 Å². The van der Waals surface area contributed by atoms with Crippen LogP contribution in [0.15, 0.2) is 48.5 Å². The summed E-state index contributed by atoms with van der Waals surface area (Å²) in [6.07, 6.45) is 4.41. The molecule has 0 aliphatic heterocycles. The number of nitrogens with one attached hydrogen (secondary N) is 2. The number of carbonyl (C=O) groups excluding carboxylic acids is 3. The summed E-state index contributed by atoms with van der Waals surface area (Å²) in [6.45, 7) is 9.73. The number of rotatable bonds is 11. The molecule has 8 heteroatoms. The molecule has 0 spiro atoms. The van der Waals surface area contributed by atoms with Gasteiger partial charge in [0.15, 0.2) is 0 Å². The molecular weight excluding hydrogens is 510 g/mol. The maximum absolute atomic E-state index is 14.3. The van der Waals surface area contributed by atoms with E-state index in [0.717, 1.165) is 41.5 Å². The average molecular weight is 554 g/mol. The number of alkyl carbamates (subject to hydrolysis) is 1. The van der Waals surface area contributed by atoms with Crippen LogP contribution in [-0.2, 0) is 20.9 Å². The van der Waals surface area contributed by atoms with Gasteiger partial charge in [-0.3, -0.25) is 9.59 Å². The van der Waals surface area contributed by atoms with Crippen molar-refractivity contribution in [3.63, 3.8) is 0 Å². The fourth-order valence-corrected chi connectivity index (χ4v) is 5.21. The van der Waals surface area contributed by atoms with Crippen molar-refractivity contribution >= 4 is 29.7 Å². The predicted octanol–water partition coefficient (Wildman–Crippen LogP) is 5.69. The Bertz CT molecular complexity index is 1130. The van der Waals surface area contributed by atoms with Gasteiger partial charge in [0, 0.05) is 12.6 Å². The molecule has 0 aromatic heterocycles. The molecule has 3 rings (SSSR count). The van der Waals surface area contributed by atoms with Gasteiger partial charge in [-0.25, -0.2) is 4.79 Å². The first-order valence-electron chi connectivity index (χ1n) is 13.7. The first-order valence-corrected chi connectivity index (χ1v) is 15.1. The van der Waals surface area contributed by atoms with E-state index < -0.39 is 23.8 Å². The van der Waals surface area contributed by atoms with Crippen molar-refractivity contribution in [1.82, 2.24) is 15.5 Å². The smallest absolute Gasteiger partial charge is 0.408 e. The minimum atomic E-state index is -0.815. The van der Waals surface area contributed by atoms with E-state index in [2.05, 4.69) is 10.6 Å². The molecule has 2 aromatic carbocycles. The highest BCUT2D eigenvalue weighted by Crippen LogP contribution is 2.35. The summed E-state index contributed by atoms with van der Waals surface area (Å²) in [4.78, 5) is 42.8. The Balaban J connectivity index is 1.98. The molecule has 1 aliphatic carbocycles. The second-order valence-corrected chi connectivity index (χ2v) is 12.3. The molecule has 7 nitrogen and oxygen atoms in total. The van der Waals surface area contributed by atoms with Gasteiger partial charge in [0.05, 0.1) is 0 Å². The largest absolute Gasteiger partial charge is 0.444 e. The van der Waals surface area contributed by atoms with Gasteiger partial charge >= 0.3 is 6.09 Å². The van der Waals surface area contributed by atoms with Crippen LogP contribution in [0.3, 0.4) is 0 Å². The summed E-state index contributed by atoms with van der Waals surface area (Å²) in [5, 5.41) is 5.90. The monoisotopic (exact) mass is 553 g/mol. The molecular formula is C31H43N3O4S. The normalized spacial score (nSPS) is 15.0. The Morgan fingerprint density at radius 1 is 1.08 bits per heavy atom. The standard InChI is InChI=1S/C31H43N3O4S/c1-21-15-16-25(22(2)19-21)27(28(35)32-20-23-11-8-7-9-12-23)34(24-13-10-14-24)29(36)26(17-18-39-6)33-30(37)38-31(3,4)5/h7-9,11-12,15-16,19,24,26-27H,10,13-14,17-18,20H2,1-6H3,(H,32,35)(H,33,37). The Morgan fingerprint density at radius 2 is 1.77 bits per heavy atom. The summed E-state index contributed by atoms with van der Waals surface area (Å²) in [5.41, 5.74) is 3.13. The lowest BCUT2D eigenvalue weighted by molar-refractivity contribution is -0.147. The van der Waals surface area contributed by atoms with Gasteiger partial charge in [0.1, 0.15) is 17.7 Å². The molecule has 212 valence electrons. The van der Waals surface area contributed by atoms with Crippen LogP contribution in [0.4, 0.5) is 4.79 Å². The van der Waals surface area contributed by atoms with Gasteiger partial charge in [0.25, 0.3) is 0 Å². The van der Waals surface area contributed by atoms with E-state index in [-0.39, 0.29) is 17.9 Å². The van der Waals surface area contributed by atoms with Gasteiger partial charge in [-0.05, 0) is 89.0 Å². The Morgan fingerprint density at radius 3 is 2.33 bits per heavy atom. The predicted molar refractivity (Wildman–Crippen MR) is 158 cm³/mol. The van der Waals surface area contributed by atoms with Crippen LogP contribution in [0.25, 0.3) is 0 Å². The van der Waals surface area contributed by atoms with E-state index in [1.165, 1.54) is 0 Å². The number of ether oxygens (including phenoxy) is 1. The van der Waals surface area contributed by atoms with Crippen molar-refractivity contribution in [2.45, 2.75) is 90.6 Å². The quantitative estimate of drug-likeness (QED) is 0.373. The second-order valence-electron chi connectivity index (χ2n) is 11.3. The number of hydrogen-bond donors (Lipinski definition) is 2. The number of carbonyl (C=O) groups is 3. The summed E-state index contributed by atoms with van der Waals surface area (Å²) in [5.74, 6) is 0.200. The highest BCUT2D eigenvalue weighted by molar-refractivity contribution is 7.98. The van der Waals surface area contributed by atoms with Gasteiger partial charge in [0.2, 0.25) is 11.8 Å². The molecule has 0 bridgehead atoms.